The molecule has 4 rings (SSSR count). The van der Waals surface area contributed by atoms with E-state index in [1.807, 2.05) is 23.1 Å². The van der Waals surface area contributed by atoms with Crippen LogP contribution in [0.15, 0.2) is 42.5 Å². The molecule has 2 aromatic carbocycles. The summed E-state index contributed by atoms with van der Waals surface area (Å²) in [5.41, 5.74) is 4.59. The van der Waals surface area contributed by atoms with Gasteiger partial charge in [0.15, 0.2) is 5.13 Å². The molecular weight excluding hydrogens is 406 g/mol. The zero-order chi connectivity index (χ0) is 21.6. The van der Waals surface area contributed by atoms with E-state index in [-0.39, 0.29) is 5.91 Å². The number of aromatic nitrogens is 1. The Morgan fingerprint density at radius 1 is 1.10 bits per heavy atom. The molecule has 1 aromatic heterocycles. The van der Waals surface area contributed by atoms with Gasteiger partial charge in [-0.2, -0.15) is 0 Å². The van der Waals surface area contributed by atoms with Crippen molar-refractivity contribution in [3.63, 3.8) is 0 Å². The average molecular weight is 438 g/mol. The Balaban J connectivity index is 1.50. The summed E-state index contributed by atoms with van der Waals surface area (Å²) < 4.78 is 6.63. The highest BCUT2D eigenvalue weighted by molar-refractivity contribution is 7.22. The van der Waals surface area contributed by atoms with Gasteiger partial charge in [0, 0.05) is 32.6 Å². The van der Waals surface area contributed by atoms with Crippen LogP contribution in [0, 0.1) is 13.8 Å². The number of benzene rings is 2. The molecule has 31 heavy (non-hydrogen) atoms. The molecule has 0 radical (unpaired) electrons. The number of anilines is 1. The van der Waals surface area contributed by atoms with Crippen LogP contribution >= 0.6 is 11.3 Å². The molecule has 5 nitrogen and oxygen atoms in total. The van der Waals surface area contributed by atoms with Gasteiger partial charge in [0.2, 0.25) is 5.91 Å². The molecular formula is C25H31N3O2S. The summed E-state index contributed by atoms with van der Waals surface area (Å²) in [5, 5.41) is 0.826. The van der Waals surface area contributed by atoms with E-state index in [9.17, 15) is 4.79 Å². The summed E-state index contributed by atoms with van der Waals surface area (Å²) in [6.07, 6.45) is 2.18. The van der Waals surface area contributed by atoms with E-state index in [1.165, 1.54) is 15.8 Å². The first-order valence-corrected chi connectivity index (χ1v) is 11.9. The fourth-order valence-electron chi connectivity index (χ4n) is 4.00. The maximum absolute atomic E-state index is 13.3. The zero-order valence-electron chi connectivity index (χ0n) is 18.5. The number of amides is 1. The van der Waals surface area contributed by atoms with Crippen molar-refractivity contribution in [1.82, 2.24) is 9.88 Å². The number of nitrogens with zero attached hydrogens (tertiary/aromatic N) is 3. The normalized spacial score (nSPS) is 14.8. The van der Waals surface area contributed by atoms with Crippen molar-refractivity contribution in [2.45, 2.75) is 33.1 Å². The van der Waals surface area contributed by atoms with Crippen molar-refractivity contribution < 1.29 is 9.53 Å². The molecule has 1 fully saturated rings. The highest BCUT2D eigenvalue weighted by atomic mass is 32.1. The summed E-state index contributed by atoms with van der Waals surface area (Å²) in [5.74, 6) is 0.153. The molecule has 1 amide bonds. The van der Waals surface area contributed by atoms with Crippen LogP contribution < -0.4 is 4.90 Å². The van der Waals surface area contributed by atoms with Crippen LogP contribution in [0.5, 0.6) is 0 Å². The molecule has 164 valence electrons. The van der Waals surface area contributed by atoms with Gasteiger partial charge in [-0.25, -0.2) is 4.98 Å². The molecule has 0 bridgehead atoms. The Hall–Kier alpha value is -2.28. The van der Waals surface area contributed by atoms with Crippen molar-refractivity contribution in [2.24, 2.45) is 0 Å². The Morgan fingerprint density at radius 3 is 2.58 bits per heavy atom. The molecule has 0 unspecified atom stereocenters. The third-order valence-electron chi connectivity index (χ3n) is 5.89. The standard InChI is InChI=1S/C25H31N3O2S/c1-19-9-10-20(2)24-23(19)26-25(31-24)28(14-6-13-27-15-17-30-18-16-27)22(29)12-11-21-7-4-3-5-8-21/h3-5,7-10H,6,11-18H2,1-2H3. The lowest BCUT2D eigenvalue weighted by atomic mass is 10.1. The van der Waals surface area contributed by atoms with Crippen LogP contribution in [-0.2, 0) is 16.0 Å². The van der Waals surface area contributed by atoms with Gasteiger partial charge < -0.3 is 4.74 Å². The van der Waals surface area contributed by atoms with Crippen molar-refractivity contribution in [1.29, 1.82) is 0 Å². The zero-order valence-corrected chi connectivity index (χ0v) is 19.3. The second kappa shape index (κ2) is 10.4. The monoisotopic (exact) mass is 437 g/mol. The summed E-state index contributed by atoms with van der Waals surface area (Å²) in [6, 6.07) is 14.5. The quantitative estimate of drug-likeness (QED) is 0.517. The fraction of sp³-hybridized carbons (Fsp3) is 0.440. The molecule has 1 aliphatic heterocycles. The lowest BCUT2D eigenvalue weighted by molar-refractivity contribution is -0.118. The van der Waals surface area contributed by atoms with Crippen LogP contribution in [0.4, 0.5) is 5.13 Å². The second-order valence-electron chi connectivity index (χ2n) is 8.21. The third kappa shape index (κ3) is 5.50. The average Bonchev–Trinajstić information content (AvgIpc) is 3.25. The number of carbonyl (C=O) groups is 1. The molecule has 0 N–H and O–H groups in total. The summed E-state index contributed by atoms with van der Waals surface area (Å²) in [6.45, 7) is 9.43. The van der Waals surface area contributed by atoms with Gasteiger partial charge in [-0.1, -0.05) is 53.8 Å². The van der Waals surface area contributed by atoms with E-state index >= 15 is 0 Å². The first kappa shape index (κ1) is 21.9. The minimum Gasteiger partial charge on any atom is -0.379 e. The highest BCUT2D eigenvalue weighted by Crippen LogP contribution is 2.33. The SMILES string of the molecule is Cc1ccc(C)c2sc(N(CCCN3CCOCC3)C(=O)CCc3ccccc3)nc12. The number of fused-ring (bicyclic) bond motifs is 1. The largest absolute Gasteiger partial charge is 0.379 e. The number of thiazole rings is 1. The van der Waals surface area contributed by atoms with Gasteiger partial charge in [0.05, 0.1) is 23.4 Å². The van der Waals surface area contributed by atoms with E-state index < -0.39 is 0 Å². The van der Waals surface area contributed by atoms with Gasteiger partial charge in [0.1, 0.15) is 0 Å². The lowest BCUT2D eigenvalue weighted by Crippen LogP contribution is -2.39. The smallest absolute Gasteiger partial charge is 0.229 e. The Labute approximate surface area is 188 Å². The summed E-state index contributed by atoms with van der Waals surface area (Å²) >= 11 is 1.64. The Morgan fingerprint density at radius 2 is 1.84 bits per heavy atom. The van der Waals surface area contributed by atoms with Crippen LogP contribution in [0.1, 0.15) is 29.5 Å². The molecule has 0 aliphatic carbocycles. The van der Waals surface area contributed by atoms with Crippen molar-refractivity contribution in [2.75, 3.05) is 44.3 Å². The summed E-state index contributed by atoms with van der Waals surface area (Å²) in [4.78, 5) is 22.6. The van der Waals surface area contributed by atoms with E-state index in [1.54, 1.807) is 11.3 Å². The molecule has 0 spiro atoms. The molecule has 6 heteroatoms. The van der Waals surface area contributed by atoms with E-state index in [2.05, 4.69) is 43.0 Å². The van der Waals surface area contributed by atoms with E-state index in [0.717, 1.165) is 61.9 Å². The van der Waals surface area contributed by atoms with Crippen molar-refractivity contribution >= 4 is 32.6 Å². The number of hydrogen-bond donors (Lipinski definition) is 0. The van der Waals surface area contributed by atoms with E-state index in [4.69, 9.17) is 9.72 Å². The number of aryl methyl sites for hydroxylation is 3. The number of rotatable bonds is 8. The van der Waals surface area contributed by atoms with Gasteiger partial charge in [-0.15, -0.1) is 0 Å². The molecule has 3 aromatic rings. The summed E-state index contributed by atoms with van der Waals surface area (Å²) in [7, 11) is 0. The fourth-order valence-corrected chi connectivity index (χ4v) is 5.15. The highest BCUT2D eigenvalue weighted by Gasteiger charge is 2.21. The molecule has 0 atom stereocenters. The predicted octanol–water partition coefficient (Wildman–Crippen LogP) is 4.60. The molecule has 0 saturated carbocycles. The van der Waals surface area contributed by atoms with Crippen LogP contribution in [0.3, 0.4) is 0 Å². The minimum absolute atomic E-state index is 0.153. The minimum atomic E-state index is 0.153. The van der Waals surface area contributed by atoms with Crippen molar-refractivity contribution in [3.8, 4) is 0 Å². The van der Waals surface area contributed by atoms with Crippen LogP contribution in [-0.4, -0.2) is 55.2 Å². The molecule has 2 heterocycles. The van der Waals surface area contributed by atoms with E-state index in [0.29, 0.717) is 13.0 Å². The number of ether oxygens (including phenoxy) is 1. The number of morpholine rings is 1. The topological polar surface area (TPSA) is 45.7 Å². The van der Waals surface area contributed by atoms with Gasteiger partial charge in [0.25, 0.3) is 0 Å². The Bertz CT molecular complexity index is 973. The number of carbonyl (C=O) groups excluding carboxylic acids is 1. The predicted molar refractivity (Wildman–Crippen MR) is 128 cm³/mol. The lowest BCUT2D eigenvalue weighted by Gasteiger charge is -2.27. The van der Waals surface area contributed by atoms with Crippen LogP contribution in [0.2, 0.25) is 0 Å². The maximum atomic E-state index is 13.3. The molecule has 1 aliphatic rings. The second-order valence-corrected chi connectivity index (χ2v) is 9.19. The first-order chi connectivity index (χ1) is 15.1. The third-order valence-corrected chi connectivity index (χ3v) is 7.11. The number of hydrogen-bond acceptors (Lipinski definition) is 5. The van der Waals surface area contributed by atoms with Gasteiger partial charge in [-0.05, 0) is 43.4 Å². The molecule has 1 saturated heterocycles. The van der Waals surface area contributed by atoms with Crippen molar-refractivity contribution in [3.05, 3.63) is 59.2 Å². The van der Waals surface area contributed by atoms with Gasteiger partial charge >= 0.3 is 0 Å². The van der Waals surface area contributed by atoms with Crippen LogP contribution in [0.25, 0.3) is 10.2 Å². The van der Waals surface area contributed by atoms with Gasteiger partial charge in [-0.3, -0.25) is 14.6 Å². The Kier molecular flexibility index (Phi) is 7.33. The maximum Gasteiger partial charge on any atom is 0.229 e. The first-order valence-electron chi connectivity index (χ1n) is 11.1.